The first-order valence-corrected chi connectivity index (χ1v) is 8.55. The molecule has 1 aromatic carbocycles. The van der Waals surface area contributed by atoms with Gasteiger partial charge < -0.3 is 19.5 Å². The first-order chi connectivity index (χ1) is 13.1. The van der Waals surface area contributed by atoms with Crippen LogP contribution in [0.2, 0.25) is 0 Å². The van der Waals surface area contributed by atoms with E-state index in [9.17, 15) is 14.0 Å². The van der Waals surface area contributed by atoms with E-state index < -0.39 is 11.9 Å². The molecule has 2 amide bonds. The first kappa shape index (κ1) is 17.0. The summed E-state index contributed by atoms with van der Waals surface area (Å²) in [4.78, 5) is 34.8. The maximum absolute atomic E-state index is 13.8. The van der Waals surface area contributed by atoms with Crippen molar-refractivity contribution < 1.29 is 18.7 Å². The zero-order chi connectivity index (χ0) is 18.8. The van der Waals surface area contributed by atoms with Gasteiger partial charge in [-0.15, -0.1) is 0 Å². The lowest BCUT2D eigenvalue weighted by molar-refractivity contribution is 0.0629. The topological polar surface area (TPSA) is 78.5 Å². The molecule has 1 aliphatic heterocycles. The zero-order valence-corrected chi connectivity index (χ0v) is 14.4. The van der Waals surface area contributed by atoms with Crippen molar-refractivity contribution in [1.82, 2.24) is 19.8 Å². The summed E-state index contributed by atoms with van der Waals surface area (Å²) in [6.07, 6.45) is 2.59. The number of halogens is 1. The minimum atomic E-state index is -0.470. The van der Waals surface area contributed by atoms with Crippen LogP contribution in [-0.2, 0) is 0 Å². The summed E-state index contributed by atoms with van der Waals surface area (Å²) in [5.74, 6) is -0.235. The molecule has 0 atom stereocenters. The van der Waals surface area contributed by atoms with E-state index >= 15 is 0 Å². The number of pyridine rings is 1. The number of benzene rings is 1. The van der Waals surface area contributed by atoms with Crippen LogP contribution in [0.1, 0.15) is 10.5 Å². The highest BCUT2D eigenvalue weighted by Crippen LogP contribution is 2.20. The molecule has 2 aromatic heterocycles. The monoisotopic (exact) mass is 368 g/mol. The quantitative estimate of drug-likeness (QED) is 0.754. The third-order valence-electron chi connectivity index (χ3n) is 4.50. The van der Waals surface area contributed by atoms with Crippen molar-refractivity contribution in [3.63, 3.8) is 0 Å². The number of aromatic amines is 1. The Kier molecular flexibility index (Phi) is 4.45. The molecule has 1 fully saturated rings. The van der Waals surface area contributed by atoms with Gasteiger partial charge in [0.1, 0.15) is 11.5 Å². The van der Waals surface area contributed by atoms with Crippen LogP contribution in [0.5, 0.6) is 5.75 Å². The predicted octanol–water partition coefficient (Wildman–Crippen LogP) is 2.66. The van der Waals surface area contributed by atoms with Crippen molar-refractivity contribution in [2.45, 2.75) is 0 Å². The number of nitrogens with zero attached hydrogens (tertiary/aromatic N) is 3. The Morgan fingerprint density at radius 1 is 1.07 bits per heavy atom. The van der Waals surface area contributed by atoms with Crippen molar-refractivity contribution >= 4 is 22.9 Å². The summed E-state index contributed by atoms with van der Waals surface area (Å²) >= 11 is 0. The Bertz CT molecular complexity index is 981. The molecule has 138 valence electrons. The number of rotatable bonds is 2. The third kappa shape index (κ3) is 3.46. The molecular formula is C19H17FN4O3. The Hall–Kier alpha value is -3.42. The molecule has 0 bridgehead atoms. The number of hydrogen-bond acceptors (Lipinski definition) is 4. The highest BCUT2D eigenvalue weighted by Gasteiger charge is 2.27. The largest absolute Gasteiger partial charge is 0.415 e. The van der Waals surface area contributed by atoms with Gasteiger partial charge in [-0.05, 0) is 24.3 Å². The number of nitrogens with one attached hydrogen (secondary N) is 1. The summed E-state index contributed by atoms with van der Waals surface area (Å²) < 4.78 is 19.1. The number of hydrogen-bond donors (Lipinski definition) is 1. The number of carbonyl (C=O) groups excluding carboxylic acids is 2. The highest BCUT2D eigenvalue weighted by atomic mass is 19.1. The summed E-state index contributed by atoms with van der Waals surface area (Å²) in [5, 5.41) is 0.650. The van der Waals surface area contributed by atoms with E-state index in [1.807, 2.05) is 0 Å². The Morgan fingerprint density at radius 3 is 2.56 bits per heavy atom. The van der Waals surface area contributed by atoms with E-state index in [4.69, 9.17) is 4.74 Å². The molecule has 1 saturated heterocycles. The highest BCUT2D eigenvalue weighted by molar-refractivity contribution is 5.98. The standard InChI is InChI=1S/C19H17FN4O3/c20-15-5-1-3-13-11-16(22-17(13)15)18(25)23-7-9-24(10-8-23)19(26)27-14-4-2-6-21-12-14/h1-6,11-12,22H,7-10H2. The number of piperazine rings is 1. The molecule has 0 aliphatic carbocycles. The summed E-state index contributed by atoms with van der Waals surface area (Å²) in [7, 11) is 0. The minimum Gasteiger partial charge on any atom is -0.409 e. The lowest BCUT2D eigenvalue weighted by atomic mass is 10.2. The molecule has 27 heavy (non-hydrogen) atoms. The average molecular weight is 368 g/mol. The molecule has 8 heteroatoms. The van der Waals surface area contributed by atoms with Gasteiger partial charge in [-0.25, -0.2) is 9.18 Å². The van der Waals surface area contributed by atoms with Crippen LogP contribution < -0.4 is 4.74 Å². The number of ether oxygens (including phenoxy) is 1. The molecule has 0 unspecified atom stereocenters. The van der Waals surface area contributed by atoms with Crippen molar-refractivity contribution in [2.24, 2.45) is 0 Å². The van der Waals surface area contributed by atoms with E-state index in [1.165, 1.54) is 12.3 Å². The number of aromatic nitrogens is 2. The second kappa shape index (κ2) is 7.06. The molecule has 0 radical (unpaired) electrons. The van der Waals surface area contributed by atoms with Gasteiger partial charge in [0.15, 0.2) is 5.75 Å². The van der Waals surface area contributed by atoms with Gasteiger partial charge >= 0.3 is 6.09 Å². The van der Waals surface area contributed by atoms with Gasteiger partial charge in [-0.3, -0.25) is 9.78 Å². The Balaban J connectivity index is 1.39. The zero-order valence-electron chi connectivity index (χ0n) is 14.4. The summed E-state index contributed by atoms with van der Waals surface area (Å²) in [5.41, 5.74) is 0.654. The molecule has 1 N–H and O–H groups in total. The SMILES string of the molecule is O=C(Oc1cccnc1)N1CCN(C(=O)c2cc3cccc(F)c3[nH]2)CC1. The Morgan fingerprint density at radius 2 is 1.85 bits per heavy atom. The molecule has 0 spiro atoms. The lowest BCUT2D eigenvalue weighted by Gasteiger charge is -2.33. The van der Waals surface area contributed by atoms with Gasteiger partial charge in [0.25, 0.3) is 5.91 Å². The van der Waals surface area contributed by atoms with E-state index in [1.54, 1.807) is 46.3 Å². The number of fused-ring (bicyclic) bond motifs is 1. The summed E-state index contributed by atoms with van der Waals surface area (Å²) in [6, 6.07) is 9.68. The third-order valence-corrected chi connectivity index (χ3v) is 4.50. The minimum absolute atomic E-state index is 0.217. The molecule has 3 aromatic rings. The maximum atomic E-state index is 13.8. The van der Waals surface area contributed by atoms with Crippen LogP contribution >= 0.6 is 0 Å². The first-order valence-electron chi connectivity index (χ1n) is 8.55. The fraction of sp³-hybridized carbons (Fsp3) is 0.211. The number of carbonyl (C=O) groups is 2. The van der Waals surface area contributed by atoms with E-state index in [-0.39, 0.29) is 5.91 Å². The summed E-state index contributed by atoms with van der Waals surface area (Å²) in [6.45, 7) is 1.47. The van der Waals surface area contributed by atoms with Gasteiger partial charge in [-0.1, -0.05) is 12.1 Å². The maximum Gasteiger partial charge on any atom is 0.415 e. The average Bonchev–Trinajstić information content (AvgIpc) is 3.14. The molecular weight excluding hydrogens is 351 g/mol. The molecule has 1 aliphatic rings. The van der Waals surface area contributed by atoms with Crippen LogP contribution in [0, 0.1) is 5.82 Å². The van der Waals surface area contributed by atoms with Crippen LogP contribution in [-0.4, -0.2) is 57.9 Å². The van der Waals surface area contributed by atoms with Crippen molar-refractivity contribution in [3.8, 4) is 5.75 Å². The van der Waals surface area contributed by atoms with E-state index in [0.717, 1.165) is 0 Å². The second-order valence-electron chi connectivity index (χ2n) is 6.22. The number of para-hydroxylation sites is 1. The van der Waals surface area contributed by atoms with Gasteiger partial charge in [-0.2, -0.15) is 0 Å². The predicted molar refractivity (Wildman–Crippen MR) is 96.0 cm³/mol. The Labute approximate surface area is 154 Å². The fourth-order valence-corrected chi connectivity index (χ4v) is 3.07. The fourth-order valence-electron chi connectivity index (χ4n) is 3.07. The van der Waals surface area contributed by atoms with Crippen LogP contribution in [0.3, 0.4) is 0 Å². The molecule has 4 rings (SSSR count). The van der Waals surface area contributed by atoms with E-state index in [2.05, 4.69) is 9.97 Å². The van der Waals surface area contributed by atoms with Gasteiger partial charge in [0, 0.05) is 37.8 Å². The second-order valence-corrected chi connectivity index (χ2v) is 6.22. The smallest absolute Gasteiger partial charge is 0.409 e. The van der Waals surface area contributed by atoms with Crippen molar-refractivity contribution in [3.05, 3.63) is 60.3 Å². The number of H-pyrrole nitrogens is 1. The normalized spacial score (nSPS) is 14.4. The molecule has 7 nitrogen and oxygen atoms in total. The van der Waals surface area contributed by atoms with Gasteiger partial charge in [0.2, 0.25) is 0 Å². The van der Waals surface area contributed by atoms with Crippen LogP contribution in [0.25, 0.3) is 10.9 Å². The van der Waals surface area contributed by atoms with E-state index in [0.29, 0.717) is 48.5 Å². The molecule has 0 saturated carbocycles. The van der Waals surface area contributed by atoms with Crippen molar-refractivity contribution in [1.29, 1.82) is 0 Å². The van der Waals surface area contributed by atoms with Gasteiger partial charge in [0.05, 0.1) is 11.7 Å². The molecule has 3 heterocycles. The van der Waals surface area contributed by atoms with Crippen molar-refractivity contribution in [2.75, 3.05) is 26.2 Å². The van der Waals surface area contributed by atoms with Crippen LogP contribution in [0.15, 0.2) is 48.8 Å². The number of amides is 2. The lowest BCUT2D eigenvalue weighted by Crippen LogP contribution is -2.51. The van der Waals surface area contributed by atoms with Crippen LogP contribution in [0.4, 0.5) is 9.18 Å².